The molecule has 1 unspecified atom stereocenters. The van der Waals surface area contributed by atoms with E-state index in [0.717, 1.165) is 53.7 Å². The van der Waals surface area contributed by atoms with E-state index in [9.17, 15) is 4.39 Å². The zero-order valence-corrected chi connectivity index (χ0v) is 18.6. The van der Waals surface area contributed by atoms with Crippen LogP contribution in [0, 0.1) is 0 Å². The molecule has 0 amide bonds. The summed E-state index contributed by atoms with van der Waals surface area (Å²) in [6.07, 6.45) is 10.5. The van der Waals surface area contributed by atoms with Gasteiger partial charge in [0, 0.05) is 37.2 Å². The van der Waals surface area contributed by atoms with Crippen LogP contribution in [0.5, 0.6) is 0 Å². The molecule has 1 fully saturated rings. The molecule has 5 rings (SSSR count). The molecular formula is C21H27FN8S. The number of anilines is 2. The van der Waals surface area contributed by atoms with E-state index in [0.29, 0.717) is 18.7 Å². The van der Waals surface area contributed by atoms with Gasteiger partial charge in [0.15, 0.2) is 11.5 Å². The maximum Gasteiger partial charge on any atom is 0.180 e. The molecule has 1 atom stereocenters. The van der Waals surface area contributed by atoms with Crippen LogP contribution in [0.1, 0.15) is 38.8 Å². The normalized spacial score (nSPS) is 17.2. The number of hydrogen-bond donors (Lipinski definition) is 2. The summed E-state index contributed by atoms with van der Waals surface area (Å²) in [5.74, 6) is 0.674. The maximum absolute atomic E-state index is 13.6. The number of fused-ring (bicyclic) bond motifs is 1. The highest BCUT2D eigenvalue weighted by Crippen LogP contribution is 2.27. The topological polar surface area (TPSA) is 87.0 Å². The highest BCUT2D eigenvalue weighted by Gasteiger charge is 2.18. The zero-order valence-electron chi connectivity index (χ0n) is 17.8. The van der Waals surface area contributed by atoms with Crippen molar-refractivity contribution in [1.29, 1.82) is 0 Å². The predicted octanol–water partition coefficient (Wildman–Crippen LogP) is 4.67. The van der Waals surface area contributed by atoms with Crippen molar-refractivity contribution in [2.24, 2.45) is 0 Å². The third kappa shape index (κ3) is 4.91. The SMILES string of the molecule is CC.FC1CCCN(Cc2cc(Nc3nccn4c(-c5cn[nH]c5)cnc34)sn2)CC1. The van der Waals surface area contributed by atoms with E-state index < -0.39 is 6.17 Å². The highest BCUT2D eigenvalue weighted by molar-refractivity contribution is 7.10. The van der Waals surface area contributed by atoms with Crippen LogP contribution in [0.25, 0.3) is 16.9 Å². The molecule has 2 N–H and O–H groups in total. The van der Waals surface area contributed by atoms with E-state index in [1.54, 1.807) is 12.4 Å². The molecular weight excluding hydrogens is 415 g/mol. The van der Waals surface area contributed by atoms with Crippen LogP contribution in [-0.4, -0.2) is 53.1 Å². The fourth-order valence-electron chi connectivity index (χ4n) is 3.68. The Morgan fingerprint density at radius 3 is 2.97 bits per heavy atom. The average Bonchev–Trinajstić information content (AvgIpc) is 3.52. The van der Waals surface area contributed by atoms with Crippen LogP contribution < -0.4 is 5.32 Å². The smallest absolute Gasteiger partial charge is 0.180 e. The third-order valence-electron chi connectivity index (χ3n) is 5.16. The van der Waals surface area contributed by atoms with Crippen molar-refractivity contribution in [3.63, 3.8) is 0 Å². The van der Waals surface area contributed by atoms with E-state index in [1.165, 1.54) is 11.5 Å². The molecule has 1 aliphatic rings. The molecule has 1 saturated heterocycles. The molecule has 4 aromatic heterocycles. The molecule has 164 valence electrons. The average molecular weight is 443 g/mol. The Bertz CT molecular complexity index is 1090. The van der Waals surface area contributed by atoms with E-state index in [-0.39, 0.29) is 0 Å². The first-order valence-electron chi connectivity index (χ1n) is 10.7. The molecule has 0 spiro atoms. The summed E-state index contributed by atoms with van der Waals surface area (Å²) in [4.78, 5) is 11.3. The largest absolute Gasteiger partial charge is 0.328 e. The number of aromatic nitrogens is 6. The second kappa shape index (κ2) is 9.97. The van der Waals surface area contributed by atoms with Gasteiger partial charge < -0.3 is 5.32 Å². The van der Waals surface area contributed by atoms with Gasteiger partial charge in [0.1, 0.15) is 11.2 Å². The number of H-pyrrole nitrogens is 1. The van der Waals surface area contributed by atoms with Gasteiger partial charge in [-0.05, 0) is 43.4 Å². The zero-order chi connectivity index (χ0) is 21.6. The first kappa shape index (κ1) is 21.4. The van der Waals surface area contributed by atoms with Crippen molar-refractivity contribution < 1.29 is 4.39 Å². The first-order chi connectivity index (χ1) is 15.3. The van der Waals surface area contributed by atoms with Crippen LogP contribution in [0.15, 0.2) is 37.1 Å². The summed E-state index contributed by atoms with van der Waals surface area (Å²) in [7, 11) is 0. The van der Waals surface area contributed by atoms with Gasteiger partial charge in [0.25, 0.3) is 0 Å². The van der Waals surface area contributed by atoms with Gasteiger partial charge in [0.05, 0.1) is 23.8 Å². The van der Waals surface area contributed by atoms with Gasteiger partial charge in [-0.2, -0.15) is 9.47 Å². The van der Waals surface area contributed by atoms with Gasteiger partial charge >= 0.3 is 0 Å². The molecule has 0 aromatic carbocycles. The van der Waals surface area contributed by atoms with Crippen LogP contribution >= 0.6 is 11.5 Å². The summed E-state index contributed by atoms with van der Waals surface area (Å²) in [6.45, 7) is 6.45. The van der Waals surface area contributed by atoms with Crippen molar-refractivity contribution in [1.82, 2.24) is 33.8 Å². The number of hydrogen-bond acceptors (Lipinski definition) is 7. The van der Waals surface area contributed by atoms with Crippen LogP contribution in [0.2, 0.25) is 0 Å². The lowest BCUT2D eigenvalue weighted by atomic mass is 10.2. The lowest BCUT2D eigenvalue weighted by molar-refractivity contribution is 0.255. The van der Waals surface area contributed by atoms with Crippen molar-refractivity contribution in [3.8, 4) is 11.3 Å². The quantitative estimate of drug-likeness (QED) is 0.467. The number of rotatable bonds is 5. The molecule has 10 heteroatoms. The minimum absolute atomic E-state index is 0.611. The van der Waals surface area contributed by atoms with Crippen molar-refractivity contribution in [3.05, 3.63) is 42.7 Å². The molecule has 8 nitrogen and oxygen atoms in total. The Balaban J connectivity index is 0.00000112. The van der Waals surface area contributed by atoms with E-state index in [4.69, 9.17) is 0 Å². The number of imidazole rings is 1. The fourth-order valence-corrected chi connectivity index (χ4v) is 4.33. The van der Waals surface area contributed by atoms with Crippen molar-refractivity contribution in [2.45, 2.75) is 45.8 Å². The minimum atomic E-state index is -0.666. The Hall–Kier alpha value is -2.85. The summed E-state index contributed by atoms with van der Waals surface area (Å²) >= 11 is 1.40. The number of likely N-dealkylation sites (tertiary alicyclic amines) is 1. The van der Waals surface area contributed by atoms with Crippen molar-refractivity contribution >= 4 is 28.0 Å². The Labute approximate surface area is 184 Å². The summed E-state index contributed by atoms with van der Waals surface area (Å²) in [6, 6.07) is 2.04. The van der Waals surface area contributed by atoms with Gasteiger partial charge in [-0.1, -0.05) is 13.8 Å². The minimum Gasteiger partial charge on any atom is -0.328 e. The van der Waals surface area contributed by atoms with Crippen LogP contribution in [-0.2, 0) is 6.54 Å². The first-order valence-corrected chi connectivity index (χ1v) is 11.4. The second-order valence-corrected chi connectivity index (χ2v) is 8.02. The molecule has 1 aliphatic heterocycles. The lowest BCUT2D eigenvalue weighted by Crippen LogP contribution is -2.24. The lowest BCUT2D eigenvalue weighted by Gasteiger charge is -2.17. The molecule has 0 aliphatic carbocycles. The molecule has 0 saturated carbocycles. The van der Waals surface area contributed by atoms with Crippen LogP contribution in [0.4, 0.5) is 15.2 Å². The number of alkyl halides is 1. The van der Waals surface area contributed by atoms with Gasteiger partial charge in [-0.25, -0.2) is 14.4 Å². The molecule has 4 aromatic rings. The number of aromatic amines is 1. The Morgan fingerprint density at radius 2 is 2.13 bits per heavy atom. The maximum atomic E-state index is 13.6. The number of nitrogens with one attached hydrogen (secondary N) is 2. The summed E-state index contributed by atoms with van der Waals surface area (Å²) < 4.78 is 20.1. The van der Waals surface area contributed by atoms with E-state index in [1.807, 2.05) is 42.9 Å². The van der Waals surface area contributed by atoms with Gasteiger partial charge in [0.2, 0.25) is 0 Å². The summed E-state index contributed by atoms with van der Waals surface area (Å²) in [5.41, 5.74) is 3.63. The van der Waals surface area contributed by atoms with Crippen LogP contribution in [0.3, 0.4) is 0 Å². The monoisotopic (exact) mass is 442 g/mol. The standard InChI is InChI=1S/C19H21FN8S.C2H6/c20-14-2-1-5-27(6-3-14)12-15-8-17(29-26-15)25-18-19-22-11-16(13-9-23-24-10-13)28(19)7-4-21-18;1-2/h4,7-11,14H,1-3,5-6,12H2,(H,21,25)(H,23,24);1-2H3. The highest BCUT2D eigenvalue weighted by atomic mass is 32.1. The molecule has 0 bridgehead atoms. The number of halogens is 1. The fraction of sp³-hybridized carbons (Fsp3) is 0.429. The van der Waals surface area contributed by atoms with E-state index >= 15 is 0 Å². The predicted molar refractivity (Wildman–Crippen MR) is 121 cm³/mol. The Kier molecular flexibility index (Phi) is 6.88. The molecule has 31 heavy (non-hydrogen) atoms. The molecule has 5 heterocycles. The number of nitrogens with zero attached hydrogens (tertiary/aromatic N) is 6. The Morgan fingerprint density at radius 1 is 1.23 bits per heavy atom. The van der Waals surface area contributed by atoms with Gasteiger partial charge in [-0.3, -0.25) is 14.4 Å². The summed E-state index contributed by atoms with van der Waals surface area (Å²) in [5, 5.41) is 11.1. The van der Waals surface area contributed by atoms with E-state index in [2.05, 4.69) is 34.8 Å². The second-order valence-electron chi connectivity index (χ2n) is 7.21. The third-order valence-corrected chi connectivity index (χ3v) is 5.90. The van der Waals surface area contributed by atoms with Crippen molar-refractivity contribution in [2.75, 3.05) is 18.4 Å². The van der Waals surface area contributed by atoms with Gasteiger partial charge in [-0.15, -0.1) is 0 Å². The molecule has 0 radical (unpaired) electrons.